The molecule has 0 amide bonds. The van der Waals surface area contributed by atoms with E-state index in [1.54, 1.807) is 11.8 Å². The molecular weight excluding hydrogens is 214 g/mol. The molecule has 0 aromatic heterocycles. The highest BCUT2D eigenvalue weighted by Gasteiger charge is 2.05. The van der Waals surface area contributed by atoms with Crippen LogP contribution in [0.1, 0.15) is 11.1 Å². The van der Waals surface area contributed by atoms with Crippen molar-refractivity contribution in [3.63, 3.8) is 0 Å². The van der Waals surface area contributed by atoms with Crippen molar-refractivity contribution in [1.82, 2.24) is 0 Å². The maximum Gasteiger partial charge on any atom is 0.0485 e. The molecule has 0 aliphatic rings. The Morgan fingerprint density at radius 3 is 2.38 bits per heavy atom. The van der Waals surface area contributed by atoms with E-state index < -0.39 is 0 Å². The first kappa shape index (κ1) is 11.1. The third-order valence-electron chi connectivity index (χ3n) is 2.46. The van der Waals surface area contributed by atoms with Crippen LogP contribution in [-0.4, -0.2) is 0 Å². The highest BCUT2D eigenvalue weighted by Crippen LogP contribution is 2.34. The topological polar surface area (TPSA) is 26.0 Å². The molecule has 0 radical (unpaired) electrons. The van der Waals surface area contributed by atoms with Crippen molar-refractivity contribution >= 4 is 17.4 Å². The van der Waals surface area contributed by atoms with Crippen LogP contribution < -0.4 is 5.73 Å². The minimum Gasteiger partial charge on any atom is -0.398 e. The third kappa shape index (κ3) is 2.39. The number of hydrogen-bond acceptors (Lipinski definition) is 2. The summed E-state index contributed by atoms with van der Waals surface area (Å²) >= 11 is 1.72. The van der Waals surface area contributed by atoms with Gasteiger partial charge in [-0.1, -0.05) is 36.0 Å². The second kappa shape index (κ2) is 4.62. The van der Waals surface area contributed by atoms with Crippen LogP contribution in [0.25, 0.3) is 0 Å². The molecule has 2 rings (SSSR count). The first-order valence-corrected chi connectivity index (χ1v) is 6.08. The molecule has 1 nitrogen and oxygen atoms in total. The van der Waals surface area contributed by atoms with Crippen LogP contribution in [-0.2, 0) is 0 Å². The SMILES string of the molecule is Cc1cc(C)c(N)c(Sc2ccccc2)c1. The Labute approximate surface area is 101 Å². The number of rotatable bonds is 2. The number of nitrogen functional groups attached to an aromatic ring is 1. The summed E-state index contributed by atoms with van der Waals surface area (Å²) in [6, 6.07) is 14.6. The van der Waals surface area contributed by atoms with Gasteiger partial charge < -0.3 is 5.73 Å². The second-order valence-corrected chi connectivity index (χ2v) is 5.02. The predicted molar refractivity (Wildman–Crippen MR) is 70.9 cm³/mol. The summed E-state index contributed by atoms with van der Waals surface area (Å²) < 4.78 is 0. The van der Waals surface area contributed by atoms with E-state index in [1.807, 2.05) is 18.2 Å². The summed E-state index contributed by atoms with van der Waals surface area (Å²) in [6.07, 6.45) is 0. The van der Waals surface area contributed by atoms with Crippen LogP contribution in [0.15, 0.2) is 52.3 Å². The van der Waals surface area contributed by atoms with Crippen LogP contribution in [0.4, 0.5) is 5.69 Å². The molecule has 0 saturated carbocycles. The molecule has 0 atom stereocenters. The molecule has 2 aromatic rings. The van der Waals surface area contributed by atoms with Crippen LogP contribution in [0.3, 0.4) is 0 Å². The normalized spacial score (nSPS) is 10.4. The average Bonchev–Trinajstić information content (AvgIpc) is 2.27. The van der Waals surface area contributed by atoms with Gasteiger partial charge in [-0.2, -0.15) is 0 Å². The average molecular weight is 229 g/mol. The fourth-order valence-corrected chi connectivity index (χ4v) is 2.70. The Bertz CT molecular complexity index is 492. The van der Waals surface area contributed by atoms with Gasteiger partial charge in [-0.05, 0) is 43.2 Å². The van der Waals surface area contributed by atoms with Gasteiger partial charge in [0.25, 0.3) is 0 Å². The number of hydrogen-bond donors (Lipinski definition) is 1. The molecule has 0 saturated heterocycles. The summed E-state index contributed by atoms with van der Waals surface area (Å²) in [6.45, 7) is 4.15. The minimum atomic E-state index is 0.888. The predicted octanol–water partition coefficient (Wildman–Crippen LogP) is 4.04. The van der Waals surface area contributed by atoms with Crippen molar-refractivity contribution in [2.45, 2.75) is 23.6 Å². The van der Waals surface area contributed by atoms with Gasteiger partial charge in [0.05, 0.1) is 0 Å². The highest BCUT2D eigenvalue weighted by atomic mass is 32.2. The largest absolute Gasteiger partial charge is 0.398 e. The molecule has 2 heteroatoms. The zero-order valence-electron chi connectivity index (χ0n) is 9.53. The summed E-state index contributed by atoms with van der Waals surface area (Å²) in [5, 5.41) is 0. The first-order valence-electron chi connectivity index (χ1n) is 5.26. The fourth-order valence-electron chi connectivity index (χ4n) is 1.64. The molecule has 0 aliphatic heterocycles. The van der Waals surface area contributed by atoms with E-state index in [-0.39, 0.29) is 0 Å². The van der Waals surface area contributed by atoms with E-state index in [9.17, 15) is 0 Å². The fraction of sp³-hybridized carbons (Fsp3) is 0.143. The molecule has 0 aliphatic carbocycles. The van der Waals surface area contributed by atoms with E-state index in [2.05, 4.69) is 38.1 Å². The Morgan fingerprint density at radius 2 is 1.69 bits per heavy atom. The van der Waals surface area contributed by atoms with Crippen molar-refractivity contribution in [1.29, 1.82) is 0 Å². The van der Waals surface area contributed by atoms with Crippen molar-refractivity contribution in [2.24, 2.45) is 0 Å². The van der Waals surface area contributed by atoms with Crippen molar-refractivity contribution in [3.8, 4) is 0 Å². The van der Waals surface area contributed by atoms with Crippen molar-refractivity contribution < 1.29 is 0 Å². The Morgan fingerprint density at radius 1 is 1.00 bits per heavy atom. The molecule has 2 N–H and O–H groups in total. The minimum absolute atomic E-state index is 0.888. The van der Waals surface area contributed by atoms with Gasteiger partial charge in [-0.25, -0.2) is 0 Å². The van der Waals surface area contributed by atoms with Gasteiger partial charge in [0.1, 0.15) is 0 Å². The summed E-state index contributed by atoms with van der Waals surface area (Å²) in [7, 11) is 0. The molecule has 0 bridgehead atoms. The zero-order valence-corrected chi connectivity index (χ0v) is 10.3. The molecule has 0 fully saturated rings. The van der Waals surface area contributed by atoms with E-state index in [4.69, 9.17) is 5.73 Å². The van der Waals surface area contributed by atoms with Crippen LogP contribution in [0.2, 0.25) is 0 Å². The van der Waals surface area contributed by atoms with Gasteiger partial charge in [0.15, 0.2) is 0 Å². The molecular formula is C14H15NS. The molecule has 82 valence electrons. The second-order valence-electron chi connectivity index (χ2n) is 3.91. The Kier molecular flexibility index (Phi) is 3.20. The molecule has 0 spiro atoms. The lowest BCUT2D eigenvalue weighted by atomic mass is 10.1. The van der Waals surface area contributed by atoms with E-state index in [1.165, 1.54) is 10.5 Å². The third-order valence-corrected chi connectivity index (χ3v) is 3.53. The number of anilines is 1. The van der Waals surface area contributed by atoms with Crippen LogP contribution >= 0.6 is 11.8 Å². The molecule has 2 aromatic carbocycles. The zero-order chi connectivity index (χ0) is 11.5. The quantitative estimate of drug-likeness (QED) is 0.787. The van der Waals surface area contributed by atoms with Crippen LogP contribution in [0.5, 0.6) is 0 Å². The number of aryl methyl sites for hydroxylation is 2. The van der Waals surface area contributed by atoms with E-state index in [0.717, 1.165) is 16.1 Å². The van der Waals surface area contributed by atoms with Gasteiger partial charge in [0.2, 0.25) is 0 Å². The lowest BCUT2D eigenvalue weighted by Gasteiger charge is -2.09. The van der Waals surface area contributed by atoms with E-state index in [0.29, 0.717) is 0 Å². The molecule has 0 unspecified atom stereocenters. The number of benzene rings is 2. The van der Waals surface area contributed by atoms with Crippen molar-refractivity contribution in [2.75, 3.05) is 5.73 Å². The van der Waals surface area contributed by atoms with Gasteiger partial charge in [0, 0.05) is 15.5 Å². The monoisotopic (exact) mass is 229 g/mol. The lowest BCUT2D eigenvalue weighted by Crippen LogP contribution is -1.93. The van der Waals surface area contributed by atoms with Gasteiger partial charge >= 0.3 is 0 Å². The Hall–Kier alpha value is -1.41. The highest BCUT2D eigenvalue weighted by molar-refractivity contribution is 7.99. The summed E-state index contributed by atoms with van der Waals surface area (Å²) in [5.74, 6) is 0. The van der Waals surface area contributed by atoms with E-state index >= 15 is 0 Å². The van der Waals surface area contributed by atoms with Crippen molar-refractivity contribution in [3.05, 3.63) is 53.6 Å². The molecule has 0 heterocycles. The number of nitrogens with two attached hydrogens (primary N) is 1. The smallest absolute Gasteiger partial charge is 0.0485 e. The summed E-state index contributed by atoms with van der Waals surface area (Å²) in [4.78, 5) is 2.36. The van der Waals surface area contributed by atoms with Gasteiger partial charge in [-0.15, -0.1) is 0 Å². The maximum absolute atomic E-state index is 6.08. The van der Waals surface area contributed by atoms with Crippen LogP contribution in [0, 0.1) is 13.8 Å². The first-order chi connectivity index (χ1) is 7.66. The maximum atomic E-state index is 6.08. The standard InChI is InChI=1S/C14H15NS/c1-10-8-11(2)14(15)13(9-10)16-12-6-4-3-5-7-12/h3-9H,15H2,1-2H3. The summed E-state index contributed by atoms with van der Waals surface area (Å²) in [5.41, 5.74) is 9.37. The lowest BCUT2D eigenvalue weighted by molar-refractivity contribution is 1.29. The molecule has 16 heavy (non-hydrogen) atoms. The van der Waals surface area contributed by atoms with Gasteiger partial charge in [-0.3, -0.25) is 0 Å². The Balaban J connectivity index is 2.35.